The molecule has 0 aromatic carbocycles. The van der Waals surface area contributed by atoms with Crippen LogP contribution in [0.5, 0.6) is 11.8 Å². The van der Waals surface area contributed by atoms with Crippen LogP contribution < -0.4 is 14.4 Å². The number of aromatic nitrogens is 2. The van der Waals surface area contributed by atoms with E-state index in [2.05, 4.69) is 9.97 Å². The smallest absolute Gasteiger partial charge is 0.232 e. The second kappa shape index (κ2) is 3.90. The molecule has 0 atom stereocenters. The van der Waals surface area contributed by atoms with Crippen LogP contribution >= 0.6 is 0 Å². The fourth-order valence-electron chi connectivity index (χ4n) is 1.36. The predicted octanol–water partition coefficient (Wildman–Crippen LogP) is -0.325. The zero-order valence-electron chi connectivity index (χ0n) is 8.67. The molecule has 1 fully saturated rings. The van der Waals surface area contributed by atoms with Gasteiger partial charge in [-0.25, -0.2) is 0 Å². The molecule has 1 aromatic heterocycles. The summed E-state index contributed by atoms with van der Waals surface area (Å²) in [6, 6.07) is 1.61. The van der Waals surface area contributed by atoms with Crippen LogP contribution in [-0.2, 0) is 0 Å². The summed E-state index contributed by atoms with van der Waals surface area (Å²) in [4.78, 5) is 10.2. The van der Waals surface area contributed by atoms with Crippen LogP contribution in [0, 0.1) is 0 Å². The minimum absolute atomic E-state index is 0.286. The quantitative estimate of drug-likeness (QED) is 0.738. The highest BCUT2D eigenvalue weighted by molar-refractivity contribution is 5.39. The molecule has 2 heterocycles. The molecule has 1 N–H and O–H groups in total. The Balaban J connectivity index is 2.22. The third-order valence-electron chi connectivity index (χ3n) is 2.23. The van der Waals surface area contributed by atoms with Crippen molar-refractivity contribution in [3.05, 3.63) is 6.07 Å². The van der Waals surface area contributed by atoms with Crippen LogP contribution in [0.15, 0.2) is 6.07 Å². The fraction of sp³-hybridized carbons (Fsp3) is 0.556. The molecular weight excluding hydrogens is 198 g/mol. The van der Waals surface area contributed by atoms with Gasteiger partial charge in [-0.2, -0.15) is 9.97 Å². The summed E-state index contributed by atoms with van der Waals surface area (Å²) in [5.74, 6) is 1.44. The standard InChI is InChI=1S/C9H13N3O3/c1-14-7-3-8(15-2)11-9(10-7)12-4-6(13)5-12/h3,6,13H,4-5H2,1-2H3. The first kappa shape index (κ1) is 9.97. The first-order valence-corrected chi connectivity index (χ1v) is 4.63. The highest BCUT2D eigenvalue weighted by Crippen LogP contribution is 2.23. The Morgan fingerprint density at radius 2 is 1.80 bits per heavy atom. The third-order valence-corrected chi connectivity index (χ3v) is 2.23. The number of nitrogens with zero attached hydrogens (tertiary/aromatic N) is 3. The molecule has 82 valence electrons. The van der Waals surface area contributed by atoms with Crippen LogP contribution in [0.2, 0.25) is 0 Å². The van der Waals surface area contributed by atoms with Gasteiger partial charge in [-0.15, -0.1) is 0 Å². The van der Waals surface area contributed by atoms with Gasteiger partial charge >= 0.3 is 0 Å². The molecule has 0 saturated carbocycles. The van der Waals surface area contributed by atoms with Crippen LogP contribution in [0.4, 0.5) is 5.95 Å². The summed E-state index contributed by atoms with van der Waals surface area (Å²) in [6.45, 7) is 1.10. The fourth-order valence-corrected chi connectivity index (χ4v) is 1.36. The van der Waals surface area contributed by atoms with Gasteiger partial charge in [0.2, 0.25) is 17.7 Å². The Bertz CT molecular complexity index is 330. The van der Waals surface area contributed by atoms with Crippen LogP contribution in [0.3, 0.4) is 0 Å². The van der Waals surface area contributed by atoms with Gasteiger partial charge in [0.25, 0.3) is 0 Å². The number of anilines is 1. The Kier molecular flexibility index (Phi) is 2.59. The van der Waals surface area contributed by atoms with Crippen molar-refractivity contribution in [1.82, 2.24) is 9.97 Å². The first-order chi connectivity index (χ1) is 7.22. The van der Waals surface area contributed by atoms with Crippen molar-refractivity contribution in [3.63, 3.8) is 0 Å². The number of aliphatic hydroxyl groups is 1. The number of β-amino-alcohol motifs (C(OH)–C–C–N with tert-alkyl or cyclic N) is 1. The van der Waals surface area contributed by atoms with Crippen LogP contribution in [0.25, 0.3) is 0 Å². The van der Waals surface area contributed by atoms with Gasteiger partial charge in [-0.05, 0) is 0 Å². The van der Waals surface area contributed by atoms with E-state index in [1.807, 2.05) is 4.90 Å². The van der Waals surface area contributed by atoms with Crippen LogP contribution in [0.1, 0.15) is 0 Å². The number of hydrogen-bond acceptors (Lipinski definition) is 6. The lowest BCUT2D eigenvalue weighted by atomic mass is 10.2. The monoisotopic (exact) mass is 211 g/mol. The summed E-state index contributed by atoms with van der Waals surface area (Å²) in [5, 5.41) is 9.17. The normalized spacial score (nSPS) is 16.1. The molecule has 0 radical (unpaired) electrons. The molecule has 0 amide bonds. The topological polar surface area (TPSA) is 67.7 Å². The highest BCUT2D eigenvalue weighted by Gasteiger charge is 2.27. The van der Waals surface area contributed by atoms with Gasteiger partial charge in [0, 0.05) is 13.1 Å². The Labute approximate surface area is 87.5 Å². The zero-order valence-corrected chi connectivity index (χ0v) is 8.67. The van der Waals surface area contributed by atoms with E-state index in [0.29, 0.717) is 30.8 Å². The average molecular weight is 211 g/mol. The second-order valence-electron chi connectivity index (χ2n) is 3.31. The molecule has 6 heteroatoms. The summed E-state index contributed by atoms with van der Waals surface area (Å²) >= 11 is 0. The summed E-state index contributed by atoms with van der Waals surface area (Å²) < 4.78 is 10.0. The third kappa shape index (κ3) is 1.94. The molecule has 1 aliphatic rings. The van der Waals surface area contributed by atoms with Gasteiger partial charge in [0.15, 0.2) is 0 Å². The minimum atomic E-state index is -0.286. The molecule has 0 unspecified atom stereocenters. The lowest BCUT2D eigenvalue weighted by Crippen LogP contribution is -2.51. The summed E-state index contributed by atoms with van der Waals surface area (Å²) in [5.41, 5.74) is 0. The maximum atomic E-state index is 9.17. The summed E-state index contributed by atoms with van der Waals surface area (Å²) in [6.07, 6.45) is -0.286. The van der Waals surface area contributed by atoms with Crippen molar-refractivity contribution in [2.45, 2.75) is 6.10 Å². The van der Waals surface area contributed by atoms with E-state index < -0.39 is 0 Å². The number of aliphatic hydroxyl groups excluding tert-OH is 1. The van der Waals surface area contributed by atoms with E-state index in [9.17, 15) is 5.11 Å². The lowest BCUT2D eigenvalue weighted by Gasteiger charge is -2.35. The molecule has 15 heavy (non-hydrogen) atoms. The summed E-state index contributed by atoms with van der Waals surface area (Å²) in [7, 11) is 3.08. The van der Waals surface area contributed by atoms with Gasteiger partial charge in [-0.3, -0.25) is 0 Å². The first-order valence-electron chi connectivity index (χ1n) is 4.63. The molecule has 2 rings (SSSR count). The van der Waals surface area contributed by atoms with Crippen molar-refractivity contribution in [3.8, 4) is 11.8 Å². The number of rotatable bonds is 3. The maximum absolute atomic E-state index is 9.17. The molecule has 0 aliphatic carbocycles. The van der Waals surface area contributed by atoms with E-state index in [-0.39, 0.29) is 6.10 Å². The van der Waals surface area contributed by atoms with Crippen molar-refractivity contribution in [2.75, 3.05) is 32.2 Å². The molecule has 6 nitrogen and oxygen atoms in total. The average Bonchev–Trinajstić information content (AvgIpc) is 2.24. The molecule has 0 bridgehead atoms. The maximum Gasteiger partial charge on any atom is 0.232 e. The van der Waals surface area contributed by atoms with E-state index in [0.717, 1.165) is 0 Å². The zero-order chi connectivity index (χ0) is 10.8. The van der Waals surface area contributed by atoms with E-state index in [1.165, 1.54) is 14.2 Å². The van der Waals surface area contributed by atoms with E-state index >= 15 is 0 Å². The molecule has 1 saturated heterocycles. The van der Waals surface area contributed by atoms with E-state index in [4.69, 9.17) is 9.47 Å². The van der Waals surface area contributed by atoms with Gasteiger partial charge in [0.1, 0.15) is 0 Å². The van der Waals surface area contributed by atoms with Crippen molar-refractivity contribution < 1.29 is 14.6 Å². The number of hydrogen-bond donors (Lipinski definition) is 1. The van der Waals surface area contributed by atoms with Crippen molar-refractivity contribution in [2.24, 2.45) is 0 Å². The Morgan fingerprint density at radius 1 is 1.27 bits per heavy atom. The van der Waals surface area contributed by atoms with E-state index in [1.54, 1.807) is 6.07 Å². The van der Waals surface area contributed by atoms with Gasteiger partial charge < -0.3 is 19.5 Å². The largest absolute Gasteiger partial charge is 0.481 e. The minimum Gasteiger partial charge on any atom is -0.481 e. The molecule has 1 aromatic rings. The Morgan fingerprint density at radius 3 is 2.20 bits per heavy atom. The SMILES string of the molecule is COc1cc(OC)nc(N2CC(O)C2)n1. The molecule has 0 spiro atoms. The van der Waals surface area contributed by atoms with Gasteiger partial charge in [-0.1, -0.05) is 0 Å². The van der Waals surface area contributed by atoms with Crippen LogP contribution in [-0.4, -0.2) is 48.5 Å². The number of methoxy groups -OCH3 is 2. The van der Waals surface area contributed by atoms with Gasteiger partial charge in [0.05, 0.1) is 26.4 Å². The molecular formula is C9H13N3O3. The second-order valence-corrected chi connectivity index (χ2v) is 3.31. The highest BCUT2D eigenvalue weighted by atomic mass is 16.5. The number of ether oxygens (including phenoxy) is 2. The van der Waals surface area contributed by atoms with Crippen molar-refractivity contribution >= 4 is 5.95 Å². The Hall–Kier alpha value is -1.56. The predicted molar refractivity (Wildman–Crippen MR) is 53.4 cm³/mol. The lowest BCUT2D eigenvalue weighted by molar-refractivity contribution is 0.140. The molecule has 1 aliphatic heterocycles. The van der Waals surface area contributed by atoms with Crippen molar-refractivity contribution in [1.29, 1.82) is 0 Å².